The minimum absolute atomic E-state index is 0.0842. The van der Waals surface area contributed by atoms with Crippen LogP contribution >= 0.6 is 0 Å². The van der Waals surface area contributed by atoms with E-state index in [4.69, 9.17) is 9.51 Å². The lowest BCUT2D eigenvalue weighted by Crippen LogP contribution is -2.11. The Kier molecular flexibility index (Phi) is 4.20. The smallest absolute Gasteiger partial charge is 0.160 e. The number of H-pyrrole nitrogens is 1. The first-order valence-corrected chi connectivity index (χ1v) is 9.77. The van der Waals surface area contributed by atoms with Gasteiger partial charge < -0.3 is 9.84 Å². The van der Waals surface area contributed by atoms with Crippen molar-refractivity contribution in [3.05, 3.63) is 59.4 Å². The van der Waals surface area contributed by atoms with Gasteiger partial charge in [0.05, 0.1) is 40.1 Å². The summed E-state index contributed by atoms with van der Waals surface area (Å²) in [6, 6.07) is 8.31. The highest BCUT2D eigenvalue weighted by Gasteiger charge is 2.22. The van der Waals surface area contributed by atoms with Gasteiger partial charge in [-0.05, 0) is 39.3 Å². The summed E-state index contributed by atoms with van der Waals surface area (Å²) in [7, 11) is 0. The number of aromatic nitrogens is 6. The van der Waals surface area contributed by atoms with Crippen LogP contribution in [-0.4, -0.2) is 30.3 Å². The third-order valence-corrected chi connectivity index (χ3v) is 5.41. The number of aryl methyl sites for hydroxylation is 3. The van der Waals surface area contributed by atoms with Crippen molar-refractivity contribution >= 4 is 27.8 Å². The molecule has 0 aliphatic carbocycles. The lowest BCUT2D eigenvalue weighted by molar-refractivity contribution is 0.393. The minimum Gasteiger partial charge on any atom is -0.363 e. The second-order valence-corrected chi connectivity index (χ2v) is 7.49. The molecule has 4 aromatic heterocycles. The average molecular weight is 399 g/mol. The zero-order valence-electron chi connectivity index (χ0n) is 17.2. The molecule has 0 radical (unpaired) electrons. The molecule has 4 heterocycles. The van der Waals surface area contributed by atoms with Crippen LogP contribution in [-0.2, 0) is 0 Å². The predicted molar refractivity (Wildman–Crippen MR) is 115 cm³/mol. The van der Waals surface area contributed by atoms with Gasteiger partial charge in [-0.1, -0.05) is 23.4 Å². The molecular formula is C22H21N7O. The lowest BCUT2D eigenvalue weighted by atomic mass is 9.96. The monoisotopic (exact) mass is 399 g/mol. The summed E-state index contributed by atoms with van der Waals surface area (Å²) < 4.78 is 5.45. The minimum atomic E-state index is -0.0842. The van der Waals surface area contributed by atoms with E-state index in [1.54, 1.807) is 6.20 Å². The van der Waals surface area contributed by atoms with E-state index in [1.165, 1.54) is 6.33 Å². The first kappa shape index (κ1) is 18.2. The van der Waals surface area contributed by atoms with Crippen LogP contribution in [0.4, 0.5) is 5.82 Å². The van der Waals surface area contributed by atoms with Crippen LogP contribution in [0.1, 0.15) is 35.5 Å². The standard InChI is InChI=1S/C22H21N7O/c1-11-6-5-7-15-8-16(20(27-19(11)15)18-13(3)29-30-14(18)4)12(2)26-21-17-9-25-28-22(17)24-10-23-21/h5-10,12H,1-4H3,(H2,23,24,25,26,28). The van der Waals surface area contributed by atoms with Crippen molar-refractivity contribution in [2.24, 2.45) is 0 Å². The Morgan fingerprint density at radius 1 is 1.13 bits per heavy atom. The molecule has 5 aromatic rings. The molecule has 0 amide bonds. The highest BCUT2D eigenvalue weighted by Crippen LogP contribution is 2.35. The van der Waals surface area contributed by atoms with Crippen LogP contribution in [0.5, 0.6) is 0 Å². The van der Waals surface area contributed by atoms with Gasteiger partial charge in [0.25, 0.3) is 0 Å². The highest BCUT2D eigenvalue weighted by atomic mass is 16.5. The van der Waals surface area contributed by atoms with Crippen LogP contribution in [0.3, 0.4) is 0 Å². The number of nitrogens with one attached hydrogen (secondary N) is 2. The molecular weight excluding hydrogens is 378 g/mol. The second-order valence-electron chi connectivity index (χ2n) is 7.49. The van der Waals surface area contributed by atoms with E-state index < -0.39 is 0 Å². The quantitative estimate of drug-likeness (QED) is 0.453. The highest BCUT2D eigenvalue weighted by molar-refractivity contribution is 5.88. The number of pyridine rings is 1. The maximum atomic E-state index is 5.45. The van der Waals surface area contributed by atoms with Crippen LogP contribution < -0.4 is 5.32 Å². The maximum absolute atomic E-state index is 5.45. The number of hydrogen-bond acceptors (Lipinski definition) is 7. The summed E-state index contributed by atoms with van der Waals surface area (Å²) in [4.78, 5) is 13.7. The molecule has 5 rings (SSSR count). The normalized spacial score (nSPS) is 12.5. The number of hydrogen-bond donors (Lipinski definition) is 2. The van der Waals surface area contributed by atoms with Crippen molar-refractivity contribution in [1.82, 2.24) is 30.3 Å². The third-order valence-electron chi connectivity index (χ3n) is 5.41. The molecule has 1 aromatic carbocycles. The first-order chi connectivity index (χ1) is 14.5. The van der Waals surface area contributed by atoms with Gasteiger partial charge in [0.1, 0.15) is 17.9 Å². The van der Waals surface area contributed by atoms with Gasteiger partial charge in [0.2, 0.25) is 0 Å². The summed E-state index contributed by atoms with van der Waals surface area (Å²) in [5, 5.41) is 16.5. The number of nitrogens with zero attached hydrogens (tertiary/aromatic N) is 5. The van der Waals surface area contributed by atoms with Gasteiger partial charge in [0, 0.05) is 10.9 Å². The van der Waals surface area contributed by atoms with Crippen molar-refractivity contribution in [3.8, 4) is 11.3 Å². The van der Waals surface area contributed by atoms with E-state index in [-0.39, 0.29) is 6.04 Å². The summed E-state index contributed by atoms with van der Waals surface area (Å²) in [5.74, 6) is 1.47. The number of fused-ring (bicyclic) bond motifs is 2. The zero-order chi connectivity index (χ0) is 20.8. The molecule has 1 unspecified atom stereocenters. The lowest BCUT2D eigenvalue weighted by Gasteiger charge is -2.19. The summed E-state index contributed by atoms with van der Waals surface area (Å²) in [5.41, 5.74) is 6.45. The van der Waals surface area contributed by atoms with E-state index in [2.05, 4.69) is 68.8 Å². The van der Waals surface area contributed by atoms with Gasteiger partial charge in [0.15, 0.2) is 5.65 Å². The Hall–Kier alpha value is -3.81. The summed E-state index contributed by atoms with van der Waals surface area (Å²) in [6.07, 6.45) is 3.24. The Labute approximate surface area is 172 Å². The van der Waals surface area contributed by atoms with Gasteiger partial charge in [-0.25, -0.2) is 15.0 Å². The fraction of sp³-hybridized carbons (Fsp3) is 0.227. The first-order valence-electron chi connectivity index (χ1n) is 9.77. The van der Waals surface area contributed by atoms with Crippen molar-refractivity contribution < 1.29 is 4.52 Å². The summed E-state index contributed by atoms with van der Waals surface area (Å²) >= 11 is 0. The van der Waals surface area contributed by atoms with Gasteiger partial charge >= 0.3 is 0 Å². The SMILES string of the molecule is Cc1noc(C)c1-c1nc2c(C)cccc2cc1C(C)Nc1ncnc2[nH]ncc12. The Morgan fingerprint density at radius 2 is 2.00 bits per heavy atom. The molecule has 0 aliphatic rings. The topological polar surface area (TPSA) is 105 Å². The largest absolute Gasteiger partial charge is 0.363 e. The molecule has 150 valence electrons. The van der Waals surface area contributed by atoms with Gasteiger partial charge in [-0.3, -0.25) is 5.10 Å². The van der Waals surface area contributed by atoms with E-state index in [1.807, 2.05) is 13.8 Å². The van der Waals surface area contributed by atoms with Gasteiger partial charge in [-0.2, -0.15) is 5.10 Å². The average Bonchev–Trinajstić information content (AvgIpc) is 3.34. The van der Waals surface area contributed by atoms with Crippen molar-refractivity contribution in [1.29, 1.82) is 0 Å². The molecule has 0 spiro atoms. The number of aromatic amines is 1. The Balaban J connectivity index is 1.69. The van der Waals surface area contributed by atoms with Crippen molar-refractivity contribution in [3.63, 3.8) is 0 Å². The summed E-state index contributed by atoms with van der Waals surface area (Å²) in [6.45, 7) is 8.02. The van der Waals surface area contributed by atoms with E-state index in [0.29, 0.717) is 5.65 Å². The van der Waals surface area contributed by atoms with Crippen molar-refractivity contribution in [2.75, 3.05) is 5.32 Å². The number of benzene rings is 1. The third kappa shape index (κ3) is 2.88. The zero-order valence-corrected chi connectivity index (χ0v) is 17.2. The van der Waals surface area contributed by atoms with Gasteiger partial charge in [-0.15, -0.1) is 0 Å². The Morgan fingerprint density at radius 3 is 2.80 bits per heavy atom. The fourth-order valence-corrected chi connectivity index (χ4v) is 3.88. The molecule has 30 heavy (non-hydrogen) atoms. The maximum Gasteiger partial charge on any atom is 0.160 e. The Bertz CT molecular complexity index is 1370. The number of rotatable bonds is 4. The van der Waals surface area contributed by atoms with E-state index in [0.717, 1.165) is 55.9 Å². The number of anilines is 1. The fourth-order valence-electron chi connectivity index (χ4n) is 3.88. The molecule has 0 saturated carbocycles. The van der Waals surface area contributed by atoms with Crippen LogP contribution in [0.15, 0.2) is 41.3 Å². The van der Waals surface area contributed by atoms with Crippen LogP contribution in [0, 0.1) is 20.8 Å². The second kappa shape index (κ2) is 6.91. The molecule has 8 heteroatoms. The number of para-hydroxylation sites is 1. The molecule has 1 atom stereocenters. The van der Waals surface area contributed by atoms with Crippen LogP contribution in [0.2, 0.25) is 0 Å². The predicted octanol–water partition coefficient (Wildman–Crippen LogP) is 4.65. The molecule has 0 saturated heterocycles. The molecule has 0 bridgehead atoms. The van der Waals surface area contributed by atoms with E-state index >= 15 is 0 Å². The van der Waals surface area contributed by atoms with Crippen molar-refractivity contribution in [2.45, 2.75) is 33.7 Å². The molecule has 0 aliphatic heterocycles. The van der Waals surface area contributed by atoms with Crippen LogP contribution in [0.25, 0.3) is 33.2 Å². The molecule has 2 N–H and O–H groups in total. The van der Waals surface area contributed by atoms with E-state index in [9.17, 15) is 0 Å². The molecule has 8 nitrogen and oxygen atoms in total. The molecule has 0 fully saturated rings.